The van der Waals surface area contributed by atoms with Gasteiger partial charge in [0.1, 0.15) is 5.75 Å². The lowest BCUT2D eigenvalue weighted by Gasteiger charge is -2.17. The first kappa shape index (κ1) is 14.0. The summed E-state index contributed by atoms with van der Waals surface area (Å²) in [6.07, 6.45) is 1.81. The molecule has 1 unspecified atom stereocenters. The number of halogens is 1. The number of pyridine rings is 1. The normalized spacial score (nSPS) is 12.2. The van der Waals surface area contributed by atoms with Gasteiger partial charge in [-0.25, -0.2) is 0 Å². The van der Waals surface area contributed by atoms with Crippen molar-refractivity contribution in [2.45, 2.75) is 13.0 Å². The van der Waals surface area contributed by atoms with Crippen molar-refractivity contribution in [2.24, 2.45) is 0 Å². The summed E-state index contributed by atoms with van der Waals surface area (Å²) < 4.78 is 6.52. The van der Waals surface area contributed by atoms with E-state index in [0.717, 1.165) is 21.5 Å². The maximum atomic E-state index is 5.54. The van der Waals surface area contributed by atoms with E-state index in [1.807, 2.05) is 50.5 Å². The van der Waals surface area contributed by atoms with Crippen LogP contribution in [-0.4, -0.2) is 18.6 Å². The first-order valence-corrected chi connectivity index (χ1v) is 7.05. The minimum absolute atomic E-state index is 0.0634. The van der Waals surface area contributed by atoms with Crippen LogP contribution in [-0.2, 0) is 0 Å². The average Bonchev–Trinajstić information content (AvgIpc) is 2.43. The molecule has 1 heterocycles. The molecule has 0 spiro atoms. The van der Waals surface area contributed by atoms with Crippen molar-refractivity contribution < 1.29 is 4.74 Å². The van der Waals surface area contributed by atoms with Crippen LogP contribution in [0, 0.1) is 0 Å². The second kappa shape index (κ2) is 6.68. The molecule has 2 aromatic rings. The second-order valence-corrected chi connectivity index (χ2v) is 5.04. The molecule has 1 aromatic carbocycles. The molecular weight excluding hydrogens is 304 g/mol. The monoisotopic (exact) mass is 320 g/mol. The van der Waals surface area contributed by atoms with Crippen LogP contribution in [0.5, 0.6) is 5.75 Å². The quantitative estimate of drug-likeness (QED) is 0.914. The Hall–Kier alpha value is -1.39. The molecule has 0 aliphatic carbocycles. The molecule has 19 heavy (non-hydrogen) atoms. The molecule has 0 bridgehead atoms. The molecule has 0 fully saturated rings. The minimum atomic E-state index is 0.0634. The van der Waals surface area contributed by atoms with Gasteiger partial charge in [-0.2, -0.15) is 0 Å². The number of hydrogen-bond acceptors (Lipinski definition) is 3. The summed E-state index contributed by atoms with van der Waals surface area (Å²) in [5.41, 5.74) is 2.13. The van der Waals surface area contributed by atoms with E-state index in [1.54, 1.807) is 0 Å². The zero-order chi connectivity index (χ0) is 13.7. The second-order valence-electron chi connectivity index (χ2n) is 4.13. The van der Waals surface area contributed by atoms with E-state index in [0.29, 0.717) is 6.61 Å². The van der Waals surface area contributed by atoms with Crippen LogP contribution in [0.3, 0.4) is 0 Å². The fourth-order valence-electron chi connectivity index (χ4n) is 1.99. The maximum Gasteiger partial charge on any atom is 0.119 e. The van der Waals surface area contributed by atoms with Crippen molar-refractivity contribution in [3.05, 3.63) is 58.3 Å². The Morgan fingerprint density at radius 2 is 2.16 bits per heavy atom. The smallest absolute Gasteiger partial charge is 0.119 e. The molecule has 0 amide bonds. The highest BCUT2D eigenvalue weighted by Gasteiger charge is 2.13. The van der Waals surface area contributed by atoms with Crippen LogP contribution in [0.1, 0.15) is 24.2 Å². The number of nitrogens with zero attached hydrogens (tertiary/aromatic N) is 1. The standard InChI is InChI=1S/C15H17BrN2O/c1-3-19-13-6-4-5-11(9-13)15(17-2)14-8-7-12(16)10-18-14/h4-10,15,17H,3H2,1-2H3. The summed E-state index contributed by atoms with van der Waals surface area (Å²) in [6, 6.07) is 12.2. The fraction of sp³-hybridized carbons (Fsp3) is 0.267. The van der Waals surface area contributed by atoms with Crippen LogP contribution < -0.4 is 10.1 Å². The number of rotatable bonds is 5. The van der Waals surface area contributed by atoms with Crippen molar-refractivity contribution in [3.8, 4) is 5.75 Å². The first-order valence-electron chi connectivity index (χ1n) is 6.26. The lowest BCUT2D eigenvalue weighted by molar-refractivity contribution is 0.339. The van der Waals surface area contributed by atoms with E-state index in [2.05, 4.69) is 32.3 Å². The molecule has 1 aromatic heterocycles. The van der Waals surface area contributed by atoms with Crippen LogP contribution in [0.2, 0.25) is 0 Å². The van der Waals surface area contributed by atoms with Gasteiger partial charge in [-0.15, -0.1) is 0 Å². The first-order chi connectivity index (χ1) is 9.24. The summed E-state index contributed by atoms with van der Waals surface area (Å²) in [6.45, 7) is 2.66. The Bertz CT molecular complexity index is 528. The number of ether oxygens (including phenoxy) is 1. The zero-order valence-corrected chi connectivity index (χ0v) is 12.6. The van der Waals surface area contributed by atoms with Gasteiger partial charge in [0.05, 0.1) is 18.3 Å². The van der Waals surface area contributed by atoms with E-state index in [9.17, 15) is 0 Å². The number of benzene rings is 1. The van der Waals surface area contributed by atoms with Crippen molar-refractivity contribution in [3.63, 3.8) is 0 Å². The highest BCUT2D eigenvalue weighted by molar-refractivity contribution is 9.10. The molecule has 0 saturated carbocycles. The summed E-state index contributed by atoms with van der Waals surface area (Å²) in [4.78, 5) is 4.45. The van der Waals surface area contributed by atoms with E-state index in [4.69, 9.17) is 4.74 Å². The van der Waals surface area contributed by atoms with Gasteiger partial charge in [0, 0.05) is 10.7 Å². The Kier molecular flexibility index (Phi) is 4.93. The molecule has 0 saturated heterocycles. The maximum absolute atomic E-state index is 5.54. The van der Waals surface area contributed by atoms with Crippen molar-refractivity contribution in [1.29, 1.82) is 0 Å². The summed E-state index contributed by atoms with van der Waals surface area (Å²) in [7, 11) is 1.93. The van der Waals surface area contributed by atoms with Crippen LogP contribution in [0.15, 0.2) is 47.1 Å². The molecule has 1 atom stereocenters. The Balaban J connectivity index is 2.30. The van der Waals surface area contributed by atoms with Crippen LogP contribution in [0.4, 0.5) is 0 Å². The molecule has 1 N–H and O–H groups in total. The molecule has 0 aliphatic rings. The molecular formula is C15H17BrN2O. The topological polar surface area (TPSA) is 34.1 Å². The zero-order valence-electron chi connectivity index (χ0n) is 11.1. The van der Waals surface area contributed by atoms with Gasteiger partial charge in [-0.05, 0) is 59.7 Å². The number of aromatic nitrogens is 1. The van der Waals surface area contributed by atoms with Gasteiger partial charge in [0.25, 0.3) is 0 Å². The van der Waals surface area contributed by atoms with Crippen LogP contribution in [0.25, 0.3) is 0 Å². The third-order valence-corrected chi connectivity index (χ3v) is 3.31. The van der Waals surface area contributed by atoms with E-state index in [1.165, 1.54) is 0 Å². The van der Waals surface area contributed by atoms with Gasteiger partial charge in [-0.1, -0.05) is 12.1 Å². The Morgan fingerprint density at radius 3 is 2.79 bits per heavy atom. The largest absolute Gasteiger partial charge is 0.494 e. The summed E-state index contributed by atoms with van der Waals surface area (Å²) in [5.74, 6) is 0.886. The third-order valence-electron chi connectivity index (χ3n) is 2.84. The number of hydrogen-bond donors (Lipinski definition) is 1. The van der Waals surface area contributed by atoms with Gasteiger partial charge >= 0.3 is 0 Å². The van der Waals surface area contributed by atoms with Crippen LogP contribution >= 0.6 is 15.9 Å². The predicted octanol–water partition coefficient (Wildman–Crippen LogP) is 3.55. The van der Waals surface area contributed by atoms with Gasteiger partial charge in [0.2, 0.25) is 0 Å². The van der Waals surface area contributed by atoms with Crippen molar-refractivity contribution in [2.75, 3.05) is 13.7 Å². The highest BCUT2D eigenvalue weighted by atomic mass is 79.9. The number of nitrogens with one attached hydrogen (secondary N) is 1. The molecule has 0 radical (unpaired) electrons. The predicted molar refractivity (Wildman–Crippen MR) is 80.5 cm³/mol. The molecule has 3 nitrogen and oxygen atoms in total. The fourth-order valence-corrected chi connectivity index (χ4v) is 2.23. The molecule has 2 rings (SSSR count). The lowest BCUT2D eigenvalue weighted by atomic mass is 10.0. The molecule has 0 aliphatic heterocycles. The van der Waals surface area contributed by atoms with Gasteiger partial charge < -0.3 is 10.1 Å². The Labute approximate surface area is 122 Å². The molecule has 100 valence electrons. The van der Waals surface area contributed by atoms with E-state index < -0.39 is 0 Å². The summed E-state index contributed by atoms with van der Waals surface area (Å²) >= 11 is 3.40. The van der Waals surface area contributed by atoms with E-state index >= 15 is 0 Å². The van der Waals surface area contributed by atoms with Gasteiger partial charge in [-0.3, -0.25) is 4.98 Å². The van der Waals surface area contributed by atoms with E-state index in [-0.39, 0.29) is 6.04 Å². The average molecular weight is 321 g/mol. The van der Waals surface area contributed by atoms with Crippen molar-refractivity contribution >= 4 is 15.9 Å². The van der Waals surface area contributed by atoms with Crippen molar-refractivity contribution in [1.82, 2.24) is 10.3 Å². The SMILES string of the molecule is CCOc1cccc(C(NC)c2ccc(Br)cn2)c1. The minimum Gasteiger partial charge on any atom is -0.494 e. The summed E-state index contributed by atoms with van der Waals surface area (Å²) in [5, 5.41) is 3.29. The molecule has 4 heteroatoms. The van der Waals surface area contributed by atoms with Gasteiger partial charge in [0.15, 0.2) is 0 Å². The lowest BCUT2D eigenvalue weighted by Crippen LogP contribution is -2.18. The Morgan fingerprint density at radius 1 is 1.32 bits per heavy atom. The third kappa shape index (κ3) is 3.55. The highest BCUT2D eigenvalue weighted by Crippen LogP contribution is 2.24.